The van der Waals surface area contributed by atoms with E-state index in [1.54, 1.807) is 7.11 Å². The van der Waals surface area contributed by atoms with Crippen LogP contribution in [0.25, 0.3) is 5.57 Å². The molecule has 5 nitrogen and oxygen atoms in total. The molecule has 0 radical (unpaired) electrons. The third kappa shape index (κ3) is 3.06. The molecule has 0 aromatic heterocycles. The number of ether oxygens (including phenoxy) is 2. The molecule has 118 valence electrons. The first-order chi connectivity index (χ1) is 10.6. The second-order valence-electron chi connectivity index (χ2n) is 5.68. The van der Waals surface area contributed by atoms with Crippen molar-refractivity contribution in [1.82, 2.24) is 0 Å². The number of rotatable bonds is 3. The molecular weight excluding hydrogens is 284 g/mol. The predicted molar refractivity (Wildman–Crippen MR) is 80.1 cm³/mol. The van der Waals surface area contributed by atoms with E-state index in [0.717, 1.165) is 16.9 Å². The number of hydrogen-bond acceptors (Lipinski definition) is 5. The molecule has 1 heterocycles. The van der Waals surface area contributed by atoms with Crippen LogP contribution in [0, 0.1) is 0 Å². The van der Waals surface area contributed by atoms with Gasteiger partial charge in [0.25, 0.3) is 0 Å². The third-order valence-electron chi connectivity index (χ3n) is 4.23. The lowest BCUT2D eigenvalue weighted by Crippen LogP contribution is -2.47. The maximum absolute atomic E-state index is 11.3. The number of ketones is 1. The van der Waals surface area contributed by atoms with E-state index in [1.807, 2.05) is 24.3 Å². The largest absolute Gasteiger partial charge is 0.497 e. The minimum absolute atomic E-state index is 0.252. The molecule has 1 aliphatic heterocycles. The highest BCUT2D eigenvalue weighted by Gasteiger charge is 2.43. The van der Waals surface area contributed by atoms with Crippen LogP contribution in [0.15, 0.2) is 30.8 Å². The van der Waals surface area contributed by atoms with Crippen LogP contribution in [0.3, 0.4) is 0 Å². The molecule has 1 atom stereocenters. The first-order valence-corrected chi connectivity index (χ1v) is 7.45. The molecule has 22 heavy (non-hydrogen) atoms. The molecule has 2 fully saturated rings. The van der Waals surface area contributed by atoms with E-state index in [2.05, 4.69) is 6.58 Å². The summed E-state index contributed by atoms with van der Waals surface area (Å²) in [6.45, 7) is 4.44. The molecule has 0 N–H and O–H groups in total. The van der Waals surface area contributed by atoms with Crippen molar-refractivity contribution >= 4 is 11.4 Å². The van der Waals surface area contributed by atoms with Crippen LogP contribution in [-0.2, 0) is 19.3 Å². The van der Waals surface area contributed by atoms with Gasteiger partial charge in [-0.25, -0.2) is 9.78 Å². The van der Waals surface area contributed by atoms with Gasteiger partial charge in [-0.2, -0.15) is 0 Å². The number of Topliss-reactive ketones (excluding diaryl/α,β-unsaturated/α-hetero) is 1. The summed E-state index contributed by atoms with van der Waals surface area (Å²) in [4.78, 5) is 22.3. The van der Waals surface area contributed by atoms with Gasteiger partial charge < -0.3 is 9.47 Å². The molecule has 0 bridgehead atoms. The molecule has 1 saturated carbocycles. The summed E-state index contributed by atoms with van der Waals surface area (Å²) in [5.41, 5.74) is 1.75. The fraction of sp³-hybridized carbons (Fsp3) is 0.471. The predicted octanol–water partition coefficient (Wildman–Crippen LogP) is 2.89. The van der Waals surface area contributed by atoms with Crippen LogP contribution in [0.2, 0.25) is 0 Å². The van der Waals surface area contributed by atoms with Crippen molar-refractivity contribution in [3.63, 3.8) is 0 Å². The van der Waals surface area contributed by atoms with Crippen molar-refractivity contribution in [2.24, 2.45) is 0 Å². The fourth-order valence-corrected chi connectivity index (χ4v) is 2.71. The van der Waals surface area contributed by atoms with Gasteiger partial charge in [0.05, 0.1) is 13.7 Å². The van der Waals surface area contributed by atoms with Gasteiger partial charge in [-0.1, -0.05) is 18.7 Å². The van der Waals surface area contributed by atoms with Crippen LogP contribution in [0.5, 0.6) is 5.75 Å². The second-order valence-corrected chi connectivity index (χ2v) is 5.68. The summed E-state index contributed by atoms with van der Waals surface area (Å²) in [6.07, 6.45) is 1.71. The molecule has 1 unspecified atom stereocenters. The van der Waals surface area contributed by atoms with Crippen molar-refractivity contribution < 1.29 is 24.0 Å². The average molecular weight is 304 g/mol. The lowest BCUT2D eigenvalue weighted by Gasteiger charge is -2.40. The molecule has 1 aliphatic carbocycles. The van der Waals surface area contributed by atoms with Crippen molar-refractivity contribution in [2.45, 2.75) is 37.6 Å². The van der Waals surface area contributed by atoms with Crippen molar-refractivity contribution in [3.05, 3.63) is 36.4 Å². The topological polar surface area (TPSA) is 54.0 Å². The second kappa shape index (κ2) is 6.20. The summed E-state index contributed by atoms with van der Waals surface area (Å²) < 4.78 is 11.0. The Morgan fingerprint density at radius 3 is 2.50 bits per heavy atom. The van der Waals surface area contributed by atoms with Gasteiger partial charge >= 0.3 is 0 Å². The van der Waals surface area contributed by atoms with Gasteiger partial charge in [0.15, 0.2) is 0 Å². The van der Waals surface area contributed by atoms with E-state index in [1.165, 1.54) is 0 Å². The maximum Gasteiger partial charge on any atom is 0.202 e. The normalized spacial score (nSPS) is 24.2. The van der Waals surface area contributed by atoms with E-state index >= 15 is 0 Å². The summed E-state index contributed by atoms with van der Waals surface area (Å²) >= 11 is 0. The SMILES string of the molecule is C=C(c1ccc(OC)cc1)C1COC2(CCC(=O)CC2)OO1. The zero-order valence-electron chi connectivity index (χ0n) is 12.7. The molecule has 1 aromatic rings. The average Bonchev–Trinajstić information content (AvgIpc) is 2.58. The van der Waals surface area contributed by atoms with Crippen LogP contribution in [0.1, 0.15) is 31.2 Å². The highest BCUT2D eigenvalue weighted by Crippen LogP contribution is 2.36. The van der Waals surface area contributed by atoms with Gasteiger partial charge in [0.2, 0.25) is 5.79 Å². The third-order valence-corrected chi connectivity index (χ3v) is 4.23. The number of carbonyl (C=O) groups is 1. The quantitative estimate of drug-likeness (QED) is 0.804. The standard InChI is InChI=1S/C17H20O5/c1-12(13-3-5-15(19-2)6-4-13)16-11-20-17(22-21-16)9-7-14(18)8-10-17/h3-6,16H,1,7-11H2,2H3. The molecule has 2 aliphatic rings. The zero-order chi connectivity index (χ0) is 15.6. The number of benzene rings is 1. The smallest absolute Gasteiger partial charge is 0.202 e. The summed E-state index contributed by atoms with van der Waals surface area (Å²) in [7, 11) is 1.63. The van der Waals surface area contributed by atoms with Crippen molar-refractivity contribution in [3.8, 4) is 5.75 Å². The van der Waals surface area contributed by atoms with Gasteiger partial charge in [0.1, 0.15) is 17.6 Å². The van der Waals surface area contributed by atoms with E-state index in [-0.39, 0.29) is 11.9 Å². The number of carbonyl (C=O) groups excluding carboxylic acids is 1. The monoisotopic (exact) mass is 304 g/mol. The van der Waals surface area contributed by atoms with Crippen LogP contribution < -0.4 is 4.74 Å². The van der Waals surface area contributed by atoms with E-state index < -0.39 is 5.79 Å². The Morgan fingerprint density at radius 1 is 1.27 bits per heavy atom. The highest BCUT2D eigenvalue weighted by molar-refractivity contribution is 5.79. The minimum atomic E-state index is -0.759. The first kappa shape index (κ1) is 15.2. The van der Waals surface area contributed by atoms with E-state index in [4.69, 9.17) is 19.2 Å². The molecule has 3 rings (SSSR count). The molecule has 1 aromatic carbocycles. The molecular formula is C17H20O5. The maximum atomic E-state index is 11.3. The summed E-state index contributed by atoms with van der Waals surface area (Å²) in [6, 6.07) is 7.60. The Bertz CT molecular complexity index is 543. The first-order valence-electron chi connectivity index (χ1n) is 7.45. The number of hydrogen-bond donors (Lipinski definition) is 0. The Hall–Kier alpha value is -1.69. The molecule has 5 heteroatoms. The van der Waals surface area contributed by atoms with Crippen molar-refractivity contribution in [2.75, 3.05) is 13.7 Å². The summed E-state index contributed by atoms with van der Waals surface area (Å²) in [5.74, 6) is 0.284. The highest BCUT2D eigenvalue weighted by atomic mass is 17.2. The Kier molecular flexibility index (Phi) is 4.29. The van der Waals surface area contributed by atoms with E-state index in [9.17, 15) is 4.79 Å². The van der Waals surface area contributed by atoms with Gasteiger partial charge in [-0.05, 0) is 23.3 Å². The number of methoxy groups -OCH3 is 1. The molecule has 0 amide bonds. The lowest BCUT2D eigenvalue weighted by atomic mass is 9.93. The van der Waals surface area contributed by atoms with Crippen molar-refractivity contribution in [1.29, 1.82) is 0 Å². The van der Waals surface area contributed by atoms with Crippen LogP contribution in [-0.4, -0.2) is 31.4 Å². The van der Waals surface area contributed by atoms with Gasteiger partial charge in [0, 0.05) is 25.7 Å². The lowest BCUT2D eigenvalue weighted by molar-refractivity contribution is -0.481. The van der Waals surface area contributed by atoms with Gasteiger partial charge in [-0.15, -0.1) is 0 Å². The fourth-order valence-electron chi connectivity index (χ4n) is 2.71. The Labute approximate surface area is 129 Å². The Balaban J connectivity index is 1.60. The van der Waals surface area contributed by atoms with E-state index in [0.29, 0.717) is 32.3 Å². The minimum Gasteiger partial charge on any atom is -0.497 e. The molecule has 1 spiro atoms. The van der Waals surface area contributed by atoms with Crippen LogP contribution in [0.4, 0.5) is 0 Å². The Morgan fingerprint density at radius 2 is 1.95 bits per heavy atom. The summed E-state index contributed by atoms with van der Waals surface area (Å²) in [5, 5.41) is 0. The molecule has 1 saturated heterocycles. The van der Waals surface area contributed by atoms with Crippen LogP contribution >= 0.6 is 0 Å². The zero-order valence-corrected chi connectivity index (χ0v) is 12.7. The van der Waals surface area contributed by atoms with Gasteiger partial charge in [-0.3, -0.25) is 4.79 Å².